The lowest BCUT2D eigenvalue weighted by Gasteiger charge is -2.17. The van der Waals surface area contributed by atoms with E-state index in [1.807, 2.05) is 24.3 Å². The smallest absolute Gasteiger partial charge is 0.326 e. The van der Waals surface area contributed by atoms with Crippen LogP contribution < -0.4 is 5.32 Å². The standard InChI is InChI=1S/C21H24N4O4S/c26-18(12-30-21-25-24-19(29-21)13-6-2-1-3-7-13)23-17(20(27)28)10-14-11-22-16-9-5-4-8-15(14)16/h4-5,8-9,11,13,17,22H,1-3,6-7,10,12H2,(H,23,26)(H,27,28)/t17-/m0/s1. The number of hydrogen-bond donors (Lipinski definition) is 3. The first-order valence-electron chi connectivity index (χ1n) is 10.1. The number of aliphatic carboxylic acids is 1. The van der Waals surface area contributed by atoms with Crippen LogP contribution in [0.3, 0.4) is 0 Å². The molecule has 158 valence electrons. The number of carbonyl (C=O) groups excluding carboxylic acids is 1. The Bertz CT molecular complexity index is 1020. The molecule has 2 heterocycles. The van der Waals surface area contributed by atoms with Gasteiger partial charge in [0.1, 0.15) is 6.04 Å². The molecule has 0 spiro atoms. The number of amides is 1. The monoisotopic (exact) mass is 428 g/mol. The van der Waals surface area contributed by atoms with Crippen LogP contribution in [0.2, 0.25) is 0 Å². The van der Waals surface area contributed by atoms with Crippen LogP contribution in [0.15, 0.2) is 40.1 Å². The van der Waals surface area contributed by atoms with Gasteiger partial charge in [-0.3, -0.25) is 4.79 Å². The Morgan fingerprint density at radius 2 is 2.03 bits per heavy atom. The second-order valence-corrected chi connectivity index (χ2v) is 8.48. The highest BCUT2D eigenvalue weighted by atomic mass is 32.2. The molecule has 1 amide bonds. The van der Waals surface area contributed by atoms with E-state index in [0.717, 1.165) is 41.1 Å². The fourth-order valence-corrected chi connectivity index (χ4v) is 4.46. The van der Waals surface area contributed by atoms with Crippen molar-refractivity contribution in [2.45, 2.75) is 55.7 Å². The number of nitrogens with one attached hydrogen (secondary N) is 2. The number of aromatic amines is 1. The second-order valence-electron chi connectivity index (χ2n) is 7.55. The first kappa shape index (κ1) is 20.5. The van der Waals surface area contributed by atoms with Crippen molar-refractivity contribution in [3.63, 3.8) is 0 Å². The van der Waals surface area contributed by atoms with Crippen LogP contribution in [-0.4, -0.2) is 44.0 Å². The molecule has 8 nitrogen and oxygen atoms in total. The van der Waals surface area contributed by atoms with Gasteiger partial charge < -0.3 is 19.8 Å². The summed E-state index contributed by atoms with van der Waals surface area (Å²) < 4.78 is 5.70. The summed E-state index contributed by atoms with van der Waals surface area (Å²) in [4.78, 5) is 27.1. The van der Waals surface area contributed by atoms with Gasteiger partial charge in [-0.25, -0.2) is 4.79 Å². The number of H-pyrrole nitrogens is 1. The van der Waals surface area contributed by atoms with E-state index in [2.05, 4.69) is 20.5 Å². The third kappa shape index (κ3) is 4.84. The topological polar surface area (TPSA) is 121 Å². The van der Waals surface area contributed by atoms with Crippen LogP contribution in [-0.2, 0) is 16.0 Å². The lowest BCUT2D eigenvalue weighted by Crippen LogP contribution is -2.43. The van der Waals surface area contributed by atoms with E-state index in [-0.39, 0.29) is 18.1 Å². The van der Waals surface area contributed by atoms with Crippen molar-refractivity contribution in [2.24, 2.45) is 0 Å². The first-order valence-corrected chi connectivity index (χ1v) is 11.1. The molecule has 0 unspecified atom stereocenters. The summed E-state index contributed by atoms with van der Waals surface area (Å²) in [5, 5.41) is 21.6. The van der Waals surface area contributed by atoms with Gasteiger partial charge in [-0.05, 0) is 24.5 Å². The SMILES string of the molecule is O=C(CSc1nnc(C2CCCCC2)o1)N[C@@H](Cc1c[nH]c2ccccc12)C(=O)O. The number of nitrogens with zero attached hydrogens (tertiary/aromatic N) is 2. The fourth-order valence-electron chi connectivity index (χ4n) is 3.88. The molecule has 9 heteroatoms. The highest BCUT2D eigenvalue weighted by Crippen LogP contribution is 2.32. The summed E-state index contributed by atoms with van der Waals surface area (Å²) in [6.07, 6.45) is 7.68. The Labute approximate surface area is 177 Å². The molecule has 30 heavy (non-hydrogen) atoms. The van der Waals surface area contributed by atoms with E-state index < -0.39 is 12.0 Å². The number of carboxylic acid groups (broad SMARTS) is 1. The minimum atomic E-state index is -1.07. The van der Waals surface area contributed by atoms with Crippen molar-refractivity contribution in [3.05, 3.63) is 41.9 Å². The maximum Gasteiger partial charge on any atom is 0.326 e. The summed E-state index contributed by atoms with van der Waals surface area (Å²) in [5.74, 6) is -0.493. The van der Waals surface area contributed by atoms with Crippen molar-refractivity contribution < 1.29 is 19.1 Å². The zero-order chi connectivity index (χ0) is 20.9. The Kier molecular flexibility index (Phi) is 6.37. The number of rotatable bonds is 8. The number of carboxylic acids is 1. The van der Waals surface area contributed by atoms with E-state index >= 15 is 0 Å². The highest BCUT2D eigenvalue weighted by molar-refractivity contribution is 7.99. The Balaban J connectivity index is 1.32. The predicted octanol–water partition coefficient (Wildman–Crippen LogP) is 3.50. The lowest BCUT2D eigenvalue weighted by molar-refractivity contribution is -0.141. The van der Waals surface area contributed by atoms with Crippen LogP contribution in [0.1, 0.15) is 49.5 Å². The Morgan fingerprint density at radius 3 is 2.83 bits per heavy atom. The van der Waals surface area contributed by atoms with Gasteiger partial charge in [-0.1, -0.05) is 49.2 Å². The molecular formula is C21H24N4O4S. The zero-order valence-corrected chi connectivity index (χ0v) is 17.3. The third-order valence-corrected chi connectivity index (χ3v) is 6.25. The van der Waals surface area contributed by atoms with E-state index in [9.17, 15) is 14.7 Å². The molecule has 0 aliphatic heterocycles. The molecule has 1 atom stereocenters. The molecular weight excluding hydrogens is 404 g/mol. The van der Waals surface area contributed by atoms with Crippen LogP contribution in [0, 0.1) is 0 Å². The summed E-state index contributed by atoms with van der Waals surface area (Å²) in [7, 11) is 0. The molecule has 0 bridgehead atoms. The quantitative estimate of drug-likeness (QED) is 0.470. The summed E-state index contributed by atoms with van der Waals surface area (Å²) in [6.45, 7) is 0. The summed E-state index contributed by atoms with van der Waals surface area (Å²) >= 11 is 1.13. The number of benzene rings is 1. The fraction of sp³-hybridized carbons (Fsp3) is 0.429. The van der Waals surface area contributed by atoms with Crippen molar-refractivity contribution in [1.29, 1.82) is 0 Å². The van der Waals surface area contributed by atoms with Crippen LogP contribution in [0.5, 0.6) is 0 Å². The molecule has 1 saturated carbocycles. The van der Waals surface area contributed by atoms with Crippen LogP contribution >= 0.6 is 11.8 Å². The van der Waals surface area contributed by atoms with E-state index in [1.165, 1.54) is 19.3 Å². The minimum Gasteiger partial charge on any atom is -0.480 e. The highest BCUT2D eigenvalue weighted by Gasteiger charge is 2.24. The van der Waals surface area contributed by atoms with Gasteiger partial charge in [0.25, 0.3) is 5.22 Å². The van der Waals surface area contributed by atoms with Gasteiger partial charge >= 0.3 is 5.97 Å². The molecule has 3 aromatic rings. The van der Waals surface area contributed by atoms with Gasteiger partial charge in [0.05, 0.1) is 5.75 Å². The van der Waals surface area contributed by atoms with Gasteiger partial charge in [0, 0.05) is 29.4 Å². The average Bonchev–Trinajstić information content (AvgIpc) is 3.40. The van der Waals surface area contributed by atoms with Gasteiger partial charge in [0.2, 0.25) is 11.8 Å². The van der Waals surface area contributed by atoms with E-state index in [1.54, 1.807) is 6.20 Å². The van der Waals surface area contributed by atoms with Crippen LogP contribution in [0.4, 0.5) is 0 Å². The van der Waals surface area contributed by atoms with Crippen molar-refractivity contribution >= 4 is 34.5 Å². The summed E-state index contributed by atoms with van der Waals surface area (Å²) in [6, 6.07) is 6.65. The van der Waals surface area contributed by atoms with Gasteiger partial charge in [0.15, 0.2) is 0 Å². The molecule has 2 aromatic heterocycles. The number of thioether (sulfide) groups is 1. The predicted molar refractivity (Wildman–Crippen MR) is 112 cm³/mol. The molecule has 1 fully saturated rings. The molecule has 0 radical (unpaired) electrons. The van der Waals surface area contributed by atoms with Gasteiger partial charge in [-0.15, -0.1) is 10.2 Å². The van der Waals surface area contributed by atoms with E-state index in [4.69, 9.17) is 4.42 Å². The zero-order valence-electron chi connectivity index (χ0n) is 16.5. The first-order chi connectivity index (χ1) is 14.6. The van der Waals surface area contributed by atoms with Crippen molar-refractivity contribution in [1.82, 2.24) is 20.5 Å². The van der Waals surface area contributed by atoms with Crippen molar-refractivity contribution in [3.8, 4) is 0 Å². The molecule has 1 aliphatic carbocycles. The van der Waals surface area contributed by atoms with E-state index in [0.29, 0.717) is 17.0 Å². The number of hydrogen-bond acceptors (Lipinski definition) is 6. The van der Waals surface area contributed by atoms with Gasteiger partial charge in [-0.2, -0.15) is 0 Å². The molecule has 3 N–H and O–H groups in total. The second kappa shape index (κ2) is 9.34. The third-order valence-electron chi connectivity index (χ3n) is 5.44. The molecule has 1 aromatic carbocycles. The number of para-hydroxylation sites is 1. The summed E-state index contributed by atoms with van der Waals surface area (Å²) in [5.41, 5.74) is 1.78. The number of fused-ring (bicyclic) bond motifs is 1. The lowest BCUT2D eigenvalue weighted by atomic mass is 9.89. The largest absolute Gasteiger partial charge is 0.480 e. The molecule has 0 saturated heterocycles. The van der Waals surface area contributed by atoms with Crippen molar-refractivity contribution in [2.75, 3.05) is 5.75 Å². The maximum atomic E-state index is 12.3. The van der Waals surface area contributed by atoms with Crippen LogP contribution in [0.25, 0.3) is 10.9 Å². The Hall–Kier alpha value is -2.81. The molecule has 4 rings (SSSR count). The minimum absolute atomic E-state index is 0.0178. The average molecular weight is 429 g/mol. The molecule has 1 aliphatic rings. The maximum absolute atomic E-state index is 12.3. The Morgan fingerprint density at radius 1 is 1.23 bits per heavy atom. The number of carbonyl (C=O) groups is 2. The number of aromatic nitrogens is 3. The normalized spacial score (nSPS) is 15.9.